The Morgan fingerprint density at radius 2 is 1.51 bits per heavy atom. The number of nitrogen functional groups attached to an aromatic ring is 2. The van der Waals surface area contributed by atoms with Crippen LogP contribution in [0.4, 0.5) is 11.6 Å². The highest BCUT2D eigenvalue weighted by Crippen LogP contribution is 2.17. The van der Waals surface area contributed by atoms with Crippen LogP contribution in [0.1, 0.15) is 79.9 Å². The van der Waals surface area contributed by atoms with Crippen LogP contribution < -0.4 is 33.6 Å². The first kappa shape index (κ1) is 45.5. The molecule has 0 spiro atoms. The Bertz CT molecular complexity index is 1420. The summed E-state index contributed by atoms with van der Waals surface area (Å²) in [6.45, 7) is 3.61. The third-order valence-electron chi connectivity index (χ3n) is 8.75. The van der Waals surface area contributed by atoms with E-state index in [2.05, 4.69) is 32.5 Å². The van der Waals surface area contributed by atoms with Gasteiger partial charge < -0.3 is 58.7 Å². The van der Waals surface area contributed by atoms with Gasteiger partial charge in [0, 0.05) is 13.1 Å². The normalized spacial score (nSPS) is 14.8. The van der Waals surface area contributed by atoms with E-state index in [1.807, 2.05) is 29.2 Å². The van der Waals surface area contributed by atoms with Crippen molar-refractivity contribution in [3.8, 4) is 0 Å². The average Bonchev–Trinajstić information content (AvgIpc) is 3.13. The van der Waals surface area contributed by atoms with Gasteiger partial charge in [0.25, 0.3) is 5.91 Å². The van der Waals surface area contributed by atoms with E-state index in [0.29, 0.717) is 45.4 Å². The topological polar surface area (TPSA) is 305 Å². The van der Waals surface area contributed by atoms with Crippen molar-refractivity contribution in [1.82, 2.24) is 25.5 Å². The van der Waals surface area contributed by atoms with Crippen LogP contribution >= 0.6 is 11.6 Å². The molecule has 0 aliphatic carbocycles. The molecule has 53 heavy (non-hydrogen) atoms. The number of carbonyl (C=O) groups excluding carboxylic acids is 2. The fraction of sp³-hybridized carbons (Fsp3) is 0.629. The number of aliphatic hydroxyl groups is 5. The standard InChI is InChI=1S/C35H59ClN10O7/c1-2-3-4-7-18-46(20-25(48)28(50)29(51)26(49)21-47)19-8-17-41-24(33(39)52)15-14-23-12-10-22(11-13-23)9-5-6-16-42-35(40)45-34(53)27-31(37)44-32(38)30(36)43-27/h10-13,24-26,28-29,41,47-51H,2-9,14-21H2,1H3,(H2,39,52)(H4,37,38,44)(H3,40,42,45,53)/t24-,25-,26+,28?,29+/m0/s1. The van der Waals surface area contributed by atoms with Gasteiger partial charge in [-0.25, -0.2) is 9.97 Å². The smallest absolute Gasteiger partial charge is 0.280 e. The molecule has 15 N–H and O–H groups in total. The van der Waals surface area contributed by atoms with E-state index in [-0.39, 0.29) is 35.0 Å². The van der Waals surface area contributed by atoms with Crippen molar-refractivity contribution in [3.05, 3.63) is 46.2 Å². The van der Waals surface area contributed by atoms with Gasteiger partial charge in [-0.15, -0.1) is 0 Å². The molecule has 1 heterocycles. The number of aliphatic imine (C=N–C) groups is 1. The van der Waals surface area contributed by atoms with E-state index in [9.17, 15) is 30.0 Å². The average molecular weight is 767 g/mol. The minimum Gasteiger partial charge on any atom is -0.394 e. The van der Waals surface area contributed by atoms with Crippen molar-refractivity contribution < 1.29 is 35.1 Å². The number of primary amides is 1. The lowest BCUT2D eigenvalue weighted by Gasteiger charge is -2.30. The van der Waals surface area contributed by atoms with Crippen molar-refractivity contribution in [1.29, 1.82) is 0 Å². The van der Waals surface area contributed by atoms with Gasteiger partial charge in [0.05, 0.1) is 18.8 Å². The Hall–Kier alpha value is -3.68. The number of amides is 2. The number of rotatable bonds is 26. The van der Waals surface area contributed by atoms with Crippen molar-refractivity contribution in [3.63, 3.8) is 0 Å². The zero-order valence-corrected chi connectivity index (χ0v) is 31.3. The fourth-order valence-electron chi connectivity index (χ4n) is 5.56. The number of hydrogen-bond donors (Lipinski definition) is 11. The lowest BCUT2D eigenvalue weighted by molar-refractivity contribution is -0.120. The highest BCUT2D eigenvalue weighted by Gasteiger charge is 2.31. The molecule has 2 aromatic rings. The highest BCUT2D eigenvalue weighted by molar-refractivity contribution is 6.31. The number of hydrogen-bond acceptors (Lipinski definition) is 14. The summed E-state index contributed by atoms with van der Waals surface area (Å²) in [5, 5.41) is 55.0. The minimum absolute atomic E-state index is 0.0783. The molecule has 1 aromatic heterocycles. The zero-order valence-electron chi connectivity index (χ0n) is 30.5. The molecule has 0 saturated carbocycles. The summed E-state index contributed by atoms with van der Waals surface area (Å²) in [6.07, 6.45) is 2.11. The number of nitrogens with zero attached hydrogens (tertiary/aromatic N) is 4. The quantitative estimate of drug-likeness (QED) is 0.0325. The molecule has 1 aromatic carbocycles. The van der Waals surface area contributed by atoms with Gasteiger partial charge >= 0.3 is 0 Å². The zero-order chi connectivity index (χ0) is 39.3. The molecule has 2 amide bonds. The van der Waals surface area contributed by atoms with Gasteiger partial charge in [-0.3, -0.25) is 19.9 Å². The van der Waals surface area contributed by atoms with E-state index in [4.69, 9.17) is 39.6 Å². The summed E-state index contributed by atoms with van der Waals surface area (Å²) < 4.78 is 0. The van der Waals surface area contributed by atoms with Gasteiger partial charge in [0.2, 0.25) is 5.91 Å². The summed E-state index contributed by atoms with van der Waals surface area (Å²) in [7, 11) is 0. The number of unbranched alkanes of at least 4 members (excludes halogenated alkanes) is 4. The molecule has 0 aliphatic rings. The number of aryl methyl sites for hydroxylation is 2. The van der Waals surface area contributed by atoms with E-state index in [1.54, 1.807) is 0 Å². The number of guanidine groups is 1. The molecule has 5 atom stereocenters. The second kappa shape index (κ2) is 24.6. The summed E-state index contributed by atoms with van der Waals surface area (Å²) in [6, 6.07) is 7.63. The molecule has 0 fully saturated rings. The minimum atomic E-state index is -1.67. The molecule has 0 radical (unpaired) electrons. The Labute approximate surface area is 316 Å². The fourth-order valence-corrected chi connectivity index (χ4v) is 5.69. The molecule has 298 valence electrons. The maximum atomic E-state index is 12.4. The number of aliphatic hydroxyl groups excluding tert-OH is 5. The lowest BCUT2D eigenvalue weighted by atomic mass is 10.0. The van der Waals surface area contributed by atoms with Crippen LogP contribution in [0.5, 0.6) is 0 Å². The molecule has 0 aliphatic heterocycles. The maximum absolute atomic E-state index is 12.4. The predicted octanol–water partition coefficient (Wildman–Crippen LogP) is -0.554. The van der Waals surface area contributed by atoms with Crippen LogP contribution in [-0.2, 0) is 17.6 Å². The monoisotopic (exact) mass is 766 g/mol. The van der Waals surface area contributed by atoms with Crippen molar-refractivity contribution >= 4 is 41.0 Å². The second-order valence-corrected chi connectivity index (χ2v) is 13.4. The van der Waals surface area contributed by atoms with Crippen LogP contribution in [-0.4, -0.2) is 128 Å². The van der Waals surface area contributed by atoms with Crippen LogP contribution in [0.25, 0.3) is 0 Å². The van der Waals surface area contributed by atoms with Crippen LogP contribution in [0.15, 0.2) is 29.3 Å². The van der Waals surface area contributed by atoms with Crippen molar-refractivity contribution in [2.24, 2.45) is 16.5 Å². The van der Waals surface area contributed by atoms with Gasteiger partial charge in [0.15, 0.2) is 28.4 Å². The number of aromatic nitrogens is 2. The Kier molecular flexibility index (Phi) is 21.1. The van der Waals surface area contributed by atoms with Crippen molar-refractivity contribution in [2.75, 3.05) is 50.8 Å². The summed E-state index contributed by atoms with van der Waals surface area (Å²) in [5.74, 6) is -1.48. The number of anilines is 2. The second-order valence-electron chi connectivity index (χ2n) is 13.1. The molecular formula is C35H59ClN10O7. The SMILES string of the molecule is CCCCCCN(CCCN[C@@H](CCc1ccc(CCCCN=C(N)NC(=O)c2nc(Cl)c(N)nc2N)cc1)C(N)=O)C[C@H](O)C(O)[C@H](O)[C@H](O)CO. The van der Waals surface area contributed by atoms with Crippen molar-refractivity contribution in [2.45, 2.75) is 102 Å². The van der Waals surface area contributed by atoms with E-state index >= 15 is 0 Å². The molecule has 0 bridgehead atoms. The van der Waals surface area contributed by atoms with Gasteiger partial charge in [-0.05, 0) is 75.7 Å². The summed E-state index contributed by atoms with van der Waals surface area (Å²) in [5.41, 5.74) is 24.8. The Morgan fingerprint density at radius 1 is 0.868 bits per heavy atom. The van der Waals surface area contributed by atoms with E-state index in [0.717, 1.165) is 56.1 Å². The van der Waals surface area contributed by atoms with E-state index in [1.165, 1.54) is 0 Å². The molecule has 17 nitrogen and oxygen atoms in total. The number of halogens is 1. The molecular weight excluding hydrogens is 708 g/mol. The molecule has 1 unspecified atom stereocenters. The number of carbonyl (C=O) groups is 2. The summed E-state index contributed by atoms with van der Waals surface area (Å²) >= 11 is 5.82. The van der Waals surface area contributed by atoms with Gasteiger partial charge in [0.1, 0.15) is 18.3 Å². The van der Waals surface area contributed by atoms with Gasteiger partial charge in [-0.1, -0.05) is 62.1 Å². The third kappa shape index (κ3) is 16.9. The van der Waals surface area contributed by atoms with E-state index < -0.39 is 48.9 Å². The van der Waals surface area contributed by atoms with Crippen LogP contribution in [0.2, 0.25) is 5.15 Å². The predicted molar refractivity (Wildman–Crippen MR) is 205 cm³/mol. The lowest BCUT2D eigenvalue weighted by Crippen LogP contribution is -2.50. The number of nitrogens with two attached hydrogens (primary N) is 4. The number of nitrogens with one attached hydrogen (secondary N) is 2. The van der Waals surface area contributed by atoms with Gasteiger partial charge in [-0.2, -0.15) is 0 Å². The Balaban J connectivity index is 1.76. The first-order chi connectivity index (χ1) is 25.3. The molecule has 18 heteroatoms. The third-order valence-corrected chi connectivity index (χ3v) is 9.02. The molecule has 2 rings (SSSR count). The highest BCUT2D eigenvalue weighted by atomic mass is 35.5. The van der Waals surface area contributed by atoms with Crippen LogP contribution in [0.3, 0.4) is 0 Å². The first-order valence-corrected chi connectivity index (χ1v) is 18.5. The summed E-state index contributed by atoms with van der Waals surface area (Å²) in [4.78, 5) is 38.3. The number of benzene rings is 1. The van der Waals surface area contributed by atoms with Crippen LogP contribution in [0, 0.1) is 0 Å². The maximum Gasteiger partial charge on any atom is 0.280 e. The molecule has 0 saturated heterocycles. The first-order valence-electron chi connectivity index (χ1n) is 18.1. The Morgan fingerprint density at radius 3 is 2.15 bits per heavy atom. The largest absolute Gasteiger partial charge is 0.394 e.